The van der Waals surface area contributed by atoms with Gasteiger partial charge in [0.15, 0.2) is 0 Å². The second-order valence-electron chi connectivity index (χ2n) is 11.0. The second kappa shape index (κ2) is 9.34. The van der Waals surface area contributed by atoms with Crippen LogP contribution < -0.4 is 5.32 Å². The first-order valence-electron chi connectivity index (χ1n) is 13.5. The summed E-state index contributed by atoms with van der Waals surface area (Å²) in [5, 5.41) is 12.5. The van der Waals surface area contributed by atoms with Crippen molar-refractivity contribution in [1.82, 2.24) is 29.1 Å². The number of rotatable bonds is 2. The van der Waals surface area contributed by atoms with Crippen molar-refractivity contribution >= 4 is 45.5 Å². The number of nitrogens with zero attached hydrogens (tertiary/aromatic N) is 6. The number of nitriles is 1. The van der Waals surface area contributed by atoms with Gasteiger partial charge in [-0.2, -0.15) is 31.6 Å². The number of imide groups is 1. The summed E-state index contributed by atoms with van der Waals surface area (Å²) in [5.74, 6) is -17.3. The fraction of sp³-hybridized carbons (Fsp3) is 0.276. The molecule has 1 N–H and O–H groups in total. The first-order valence-corrected chi connectivity index (χ1v) is 13.5. The van der Waals surface area contributed by atoms with Gasteiger partial charge in [-0.15, -0.1) is 0 Å². The molecule has 0 spiro atoms. The SMILES string of the molecule is N#Cc1cc2c3c(c1)c(C1=C(c4cnc5ccccn45)C(=O)NC1=O)cn3CCN(C(=O)N1CC(F)(F)C(F)(F)C(F)(F)C1)C2. The third-order valence-electron chi connectivity index (χ3n) is 8.26. The highest BCUT2D eigenvalue weighted by Crippen LogP contribution is 2.49. The maximum atomic E-state index is 14.1. The van der Waals surface area contributed by atoms with Crippen molar-refractivity contribution in [2.75, 3.05) is 19.6 Å². The summed E-state index contributed by atoms with van der Waals surface area (Å²) < 4.78 is 87.2. The summed E-state index contributed by atoms with van der Waals surface area (Å²) in [7, 11) is 0. The zero-order chi connectivity index (χ0) is 32.1. The molecule has 0 saturated carbocycles. The molecule has 3 aromatic heterocycles. The molecule has 6 heterocycles. The van der Waals surface area contributed by atoms with Crippen LogP contribution in [-0.2, 0) is 22.7 Å². The monoisotopic (exact) mass is 627 g/mol. The Kier molecular flexibility index (Phi) is 5.90. The van der Waals surface area contributed by atoms with Crippen molar-refractivity contribution in [3.05, 3.63) is 71.3 Å². The molecule has 4 aromatic rings. The van der Waals surface area contributed by atoms with Crippen LogP contribution in [0.2, 0.25) is 0 Å². The van der Waals surface area contributed by atoms with E-state index in [4.69, 9.17) is 0 Å². The average Bonchev–Trinajstić information content (AvgIpc) is 3.61. The van der Waals surface area contributed by atoms with Gasteiger partial charge in [-0.3, -0.25) is 19.3 Å². The minimum absolute atomic E-state index is 0.0102. The van der Waals surface area contributed by atoms with E-state index in [0.29, 0.717) is 33.4 Å². The van der Waals surface area contributed by atoms with E-state index < -0.39 is 48.7 Å². The Balaban J connectivity index is 1.32. The first-order chi connectivity index (χ1) is 21.2. The molecule has 7 rings (SSSR count). The molecule has 0 atom stereocenters. The number of aromatic nitrogens is 3. The smallest absolute Gasteiger partial charge is 0.345 e. The van der Waals surface area contributed by atoms with Crippen LogP contribution in [0.3, 0.4) is 0 Å². The standard InChI is InChI=1S/C29H19F6N7O3/c30-27(31)13-41(14-28(32,33)29(27,34)35)26(45)40-6-5-39-12-18(17-8-15(9-36)7-16(11-40)23(17)39)21-22(25(44)38-24(21)43)19-10-37-20-3-1-2-4-42(19)20/h1-4,7-8,10,12H,5-6,11,13-14H2,(H,38,43,44). The fourth-order valence-electron chi connectivity index (χ4n) is 6.18. The van der Waals surface area contributed by atoms with E-state index in [-0.39, 0.29) is 41.2 Å². The number of carbonyl (C=O) groups is 3. The molecule has 3 aliphatic heterocycles. The lowest BCUT2D eigenvalue weighted by Crippen LogP contribution is -2.69. The predicted octanol–water partition coefficient (Wildman–Crippen LogP) is 3.88. The number of likely N-dealkylation sites (tertiary alicyclic amines) is 1. The van der Waals surface area contributed by atoms with Gasteiger partial charge < -0.3 is 14.4 Å². The molecule has 10 nitrogen and oxygen atoms in total. The topological polar surface area (TPSA) is 116 Å². The molecular weight excluding hydrogens is 608 g/mol. The number of amides is 4. The molecule has 0 bridgehead atoms. The van der Waals surface area contributed by atoms with Gasteiger partial charge in [0.2, 0.25) is 0 Å². The highest BCUT2D eigenvalue weighted by Gasteiger charge is 2.75. The maximum Gasteiger partial charge on any atom is 0.375 e. The number of halogens is 6. The molecule has 45 heavy (non-hydrogen) atoms. The number of hydrogen-bond donors (Lipinski definition) is 1. The largest absolute Gasteiger partial charge is 0.375 e. The van der Waals surface area contributed by atoms with Gasteiger partial charge in [-0.05, 0) is 29.8 Å². The summed E-state index contributed by atoms with van der Waals surface area (Å²) in [6.45, 7) is -4.39. The Morgan fingerprint density at radius 1 is 0.956 bits per heavy atom. The molecule has 1 saturated heterocycles. The fourth-order valence-corrected chi connectivity index (χ4v) is 6.18. The van der Waals surface area contributed by atoms with Crippen LogP contribution in [0.25, 0.3) is 27.7 Å². The van der Waals surface area contributed by atoms with E-state index in [0.717, 1.165) is 4.90 Å². The lowest BCUT2D eigenvalue weighted by atomic mass is 9.96. The van der Waals surface area contributed by atoms with Gasteiger partial charge in [0.05, 0.1) is 53.3 Å². The van der Waals surface area contributed by atoms with Crippen molar-refractivity contribution in [3.8, 4) is 6.07 Å². The van der Waals surface area contributed by atoms with E-state index in [2.05, 4.69) is 10.3 Å². The highest BCUT2D eigenvalue weighted by atomic mass is 19.3. The summed E-state index contributed by atoms with van der Waals surface area (Å²) in [4.78, 5) is 44.8. The summed E-state index contributed by atoms with van der Waals surface area (Å²) >= 11 is 0. The molecule has 0 unspecified atom stereocenters. The normalized spacial score (nSPS) is 20.5. The van der Waals surface area contributed by atoms with Crippen LogP contribution in [0.5, 0.6) is 0 Å². The van der Waals surface area contributed by atoms with Crippen LogP contribution >= 0.6 is 0 Å². The van der Waals surface area contributed by atoms with Crippen molar-refractivity contribution < 1.29 is 40.7 Å². The second-order valence-corrected chi connectivity index (χ2v) is 11.0. The van der Waals surface area contributed by atoms with Crippen LogP contribution in [0.15, 0.2) is 48.9 Å². The van der Waals surface area contributed by atoms with Crippen molar-refractivity contribution in [3.63, 3.8) is 0 Å². The molecule has 3 aliphatic rings. The quantitative estimate of drug-likeness (QED) is 0.268. The lowest BCUT2D eigenvalue weighted by Gasteiger charge is -2.43. The molecule has 1 aromatic carbocycles. The number of hydrogen-bond acceptors (Lipinski definition) is 5. The van der Waals surface area contributed by atoms with Crippen molar-refractivity contribution in [2.45, 2.75) is 30.9 Å². The number of piperidine rings is 1. The number of nitrogens with one attached hydrogen (secondary N) is 1. The zero-order valence-corrected chi connectivity index (χ0v) is 22.8. The zero-order valence-electron chi connectivity index (χ0n) is 22.8. The Morgan fingerprint density at radius 3 is 2.38 bits per heavy atom. The number of fused-ring (bicyclic) bond motifs is 1. The Hall–Kier alpha value is -5.33. The first kappa shape index (κ1) is 28.4. The number of pyridine rings is 1. The molecule has 0 radical (unpaired) electrons. The van der Waals surface area contributed by atoms with Gasteiger partial charge in [-0.25, -0.2) is 9.78 Å². The van der Waals surface area contributed by atoms with Gasteiger partial charge in [0.25, 0.3) is 11.8 Å². The van der Waals surface area contributed by atoms with Crippen LogP contribution in [0, 0.1) is 11.3 Å². The third kappa shape index (κ3) is 4.02. The highest BCUT2D eigenvalue weighted by molar-refractivity contribution is 6.49. The summed E-state index contributed by atoms with van der Waals surface area (Å²) in [6, 6.07) is 8.78. The van der Waals surface area contributed by atoms with E-state index in [1.807, 2.05) is 6.07 Å². The number of benzene rings is 1. The minimum atomic E-state index is -5.64. The van der Waals surface area contributed by atoms with Crippen molar-refractivity contribution in [1.29, 1.82) is 5.26 Å². The van der Waals surface area contributed by atoms with Gasteiger partial charge in [-0.1, -0.05) is 6.07 Å². The Morgan fingerprint density at radius 2 is 1.67 bits per heavy atom. The molecule has 4 amide bonds. The van der Waals surface area contributed by atoms with Gasteiger partial charge in [0.1, 0.15) is 5.65 Å². The van der Waals surface area contributed by atoms with Crippen LogP contribution in [0.1, 0.15) is 22.4 Å². The number of urea groups is 1. The Labute approximate surface area is 248 Å². The van der Waals surface area contributed by atoms with Crippen LogP contribution in [-0.4, -0.2) is 79.0 Å². The summed E-state index contributed by atoms with van der Waals surface area (Å²) in [5.41, 5.74) is 2.05. The minimum Gasteiger partial charge on any atom is -0.345 e. The average molecular weight is 628 g/mol. The van der Waals surface area contributed by atoms with Gasteiger partial charge in [0, 0.05) is 43.0 Å². The molecule has 1 fully saturated rings. The molecular formula is C29H19F6N7O3. The molecule has 16 heteroatoms. The lowest BCUT2D eigenvalue weighted by molar-refractivity contribution is -0.333. The molecule has 0 aliphatic carbocycles. The molecule has 230 valence electrons. The summed E-state index contributed by atoms with van der Waals surface area (Å²) in [6.07, 6.45) is 4.67. The van der Waals surface area contributed by atoms with Crippen molar-refractivity contribution in [2.24, 2.45) is 0 Å². The number of alkyl halides is 6. The van der Waals surface area contributed by atoms with E-state index in [9.17, 15) is 46.0 Å². The Bertz CT molecular complexity index is 2040. The number of imidazole rings is 1. The van der Waals surface area contributed by atoms with Gasteiger partial charge >= 0.3 is 23.8 Å². The predicted molar refractivity (Wildman–Crippen MR) is 144 cm³/mol. The van der Waals surface area contributed by atoms with E-state index in [1.54, 1.807) is 39.6 Å². The third-order valence-corrected chi connectivity index (χ3v) is 8.26. The van der Waals surface area contributed by atoms with E-state index in [1.165, 1.54) is 18.3 Å². The van der Waals surface area contributed by atoms with E-state index >= 15 is 0 Å². The maximum absolute atomic E-state index is 14.1. The number of carbonyl (C=O) groups excluding carboxylic acids is 3. The van der Waals surface area contributed by atoms with Crippen LogP contribution in [0.4, 0.5) is 31.1 Å².